The van der Waals surface area contributed by atoms with E-state index < -0.39 is 23.5 Å². The number of rotatable bonds is 8. The van der Waals surface area contributed by atoms with Gasteiger partial charge in [0, 0.05) is 11.9 Å². The Labute approximate surface area is 191 Å². The number of amides is 1. The number of ether oxygens (including phenoxy) is 1. The van der Waals surface area contributed by atoms with Crippen LogP contribution in [-0.4, -0.2) is 66.0 Å². The van der Waals surface area contributed by atoms with Crippen LogP contribution in [0.3, 0.4) is 0 Å². The van der Waals surface area contributed by atoms with E-state index in [4.69, 9.17) is 9.15 Å². The van der Waals surface area contributed by atoms with E-state index in [-0.39, 0.29) is 17.1 Å². The quantitative estimate of drug-likeness (QED) is 0.505. The highest BCUT2D eigenvalue weighted by Crippen LogP contribution is 2.40. The van der Waals surface area contributed by atoms with E-state index in [0.717, 1.165) is 6.54 Å². The first kappa shape index (κ1) is 22.4. The van der Waals surface area contributed by atoms with Crippen LogP contribution in [0.1, 0.15) is 28.6 Å². The van der Waals surface area contributed by atoms with E-state index in [9.17, 15) is 19.8 Å². The van der Waals surface area contributed by atoms with Gasteiger partial charge in [-0.3, -0.25) is 9.59 Å². The molecule has 172 valence electrons. The second-order valence-corrected chi connectivity index (χ2v) is 8.23. The monoisotopic (exact) mass is 450 g/mol. The molecule has 8 nitrogen and oxygen atoms in total. The summed E-state index contributed by atoms with van der Waals surface area (Å²) in [6.45, 7) is 1.08. The molecular weight excluding hydrogens is 424 g/mol. The van der Waals surface area contributed by atoms with Crippen molar-refractivity contribution >= 4 is 22.7 Å². The van der Waals surface area contributed by atoms with Gasteiger partial charge < -0.3 is 29.2 Å². The molecule has 1 aliphatic heterocycles. The van der Waals surface area contributed by atoms with Gasteiger partial charge in [-0.05, 0) is 56.9 Å². The van der Waals surface area contributed by atoms with E-state index in [1.54, 1.807) is 36.4 Å². The fraction of sp³-hybridized carbons (Fsp3) is 0.280. The van der Waals surface area contributed by atoms with Gasteiger partial charge in [-0.25, -0.2) is 0 Å². The number of para-hydroxylation sites is 1. The van der Waals surface area contributed by atoms with E-state index in [2.05, 4.69) is 0 Å². The zero-order chi connectivity index (χ0) is 23.7. The number of benzene rings is 2. The lowest BCUT2D eigenvalue weighted by molar-refractivity contribution is -0.129. The van der Waals surface area contributed by atoms with E-state index in [1.165, 1.54) is 24.1 Å². The van der Waals surface area contributed by atoms with Crippen molar-refractivity contribution in [3.05, 3.63) is 71.2 Å². The molecule has 0 saturated carbocycles. The number of carbonyl (C=O) groups excluding carboxylic acids is 2. The van der Waals surface area contributed by atoms with Gasteiger partial charge in [0.15, 0.2) is 22.9 Å². The van der Waals surface area contributed by atoms with Crippen LogP contribution in [0.2, 0.25) is 0 Å². The molecule has 1 atom stereocenters. The first-order chi connectivity index (χ1) is 15.8. The van der Waals surface area contributed by atoms with Crippen LogP contribution in [-0.2, 0) is 4.79 Å². The summed E-state index contributed by atoms with van der Waals surface area (Å²) in [5, 5.41) is 21.2. The molecule has 3 aromatic rings. The number of furan rings is 1. The Balaban J connectivity index is 1.76. The highest BCUT2D eigenvalue weighted by atomic mass is 16.5. The summed E-state index contributed by atoms with van der Waals surface area (Å²) >= 11 is 0. The number of Topliss-reactive ketones (excluding diaryl/α,β-unsaturated/α-hetero) is 1. The number of aliphatic hydroxyl groups is 1. The van der Waals surface area contributed by atoms with Crippen LogP contribution in [0, 0.1) is 0 Å². The number of fused-ring (bicyclic) bond motifs is 1. The molecule has 0 bridgehead atoms. The standard InChI is InChI=1S/C25H26N2O6/c1-26(2)12-5-13-27-21(15-8-10-17(28)11-9-15)20(23(30)25(27)31)22(29)19-14-16-6-4-7-18(32-3)24(16)33-19/h4,6-11,14,21,28,30H,5,12-13H2,1-3H3. The predicted octanol–water partition coefficient (Wildman–Crippen LogP) is 3.68. The third-order valence-electron chi connectivity index (χ3n) is 5.71. The number of ketones is 1. The SMILES string of the molecule is COc1cccc2cc(C(=O)C3=C(O)C(=O)N(CCCN(C)C)C3c3ccc(O)cc3)oc12. The molecule has 4 rings (SSSR count). The summed E-state index contributed by atoms with van der Waals surface area (Å²) in [6.07, 6.45) is 0.657. The Morgan fingerprint density at radius 3 is 2.55 bits per heavy atom. The minimum atomic E-state index is -0.803. The van der Waals surface area contributed by atoms with E-state index >= 15 is 0 Å². The minimum absolute atomic E-state index is 0.00256. The minimum Gasteiger partial charge on any atom is -0.508 e. The number of methoxy groups -OCH3 is 1. The van der Waals surface area contributed by atoms with Gasteiger partial charge in [0.05, 0.1) is 18.7 Å². The Hall–Kier alpha value is -3.78. The summed E-state index contributed by atoms with van der Waals surface area (Å²) < 4.78 is 11.1. The lowest BCUT2D eigenvalue weighted by atomic mass is 9.95. The molecule has 1 unspecified atom stereocenters. The zero-order valence-electron chi connectivity index (χ0n) is 18.7. The van der Waals surface area contributed by atoms with Crippen molar-refractivity contribution in [3.63, 3.8) is 0 Å². The maximum atomic E-state index is 13.6. The number of hydrogen-bond acceptors (Lipinski definition) is 7. The summed E-state index contributed by atoms with van der Waals surface area (Å²) in [4.78, 5) is 30.0. The van der Waals surface area contributed by atoms with Gasteiger partial charge >= 0.3 is 0 Å². The molecule has 1 aliphatic rings. The van der Waals surface area contributed by atoms with Crippen molar-refractivity contribution < 1.29 is 29.0 Å². The average molecular weight is 450 g/mol. The van der Waals surface area contributed by atoms with Gasteiger partial charge in [0.1, 0.15) is 5.75 Å². The number of phenolic OH excluding ortho intramolecular Hbond substituents is 1. The molecule has 1 amide bonds. The molecule has 0 aliphatic carbocycles. The molecule has 2 heterocycles. The van der Waals surface area contributed by atoms with Crippen LogP contribution in [0.4, 0.5) is 0 Å². The summed E-state index contributed by atoms with van der Waals surface area (Å²) in [7, 11) is 5.38. The van der Waals surface area contributed by atoms with Crippen molar-refractivity contribution in [1.82, 2.24) is 9.80 Å². The van der Waals surface area contributed by atoms with Crippen molar-refractivity contribution in [2.75, 3.05) is 34.3 Å². The highest BCUT2D eigenvalue weighted by molar-refractivity contribution is 6.16. The Kier molecular flexibility index (Phi) is 6.11. The van der Waals surface area contributed by atoms with Crippen LogP contribution in [0.5, 0.6) is 11.5 Å². The summed E-state index contributed by atoms with van der Waals surface area (Å²) in [6, 6.07) is 12.3. The van der Waals surface area contributed by atoms with Gasteiger partial charge in [-0.2, -0.15) is 0 Å². The van der Waals surface area contributed by atoms with Crippen molar-refractivity contribution in [2.24, 2.45) is 0 Å². The number of carbonyl (C=O) groups is 2. The molecule has 8 heteroatoms. The second-order valence-electron chi connectivity index (χ2n) is 8.23. The molecule has 0 saturated heterocycles. The predicted molar refractivity (Wildman–Crippen MR) is 122 cm³/mol. The van der Waals surface area contributed by atoms with E-state index in [0.29, 0.717) is 35.2 Å². The molecule has 1 aromatic heterocycles. The maximum Gasteiger partial charge on any atom is 0.290 e. The Bertz CT molecular complexity index is 1230. The van der Waals surface area contributed by atoms with Crippen LogP contribution >= 0.6 is 0 Å². The summed E-state index contributed by atoms with van der Waals surface area (Å²) in [5.41, 5.74) is 0.970. The second kappa shape index (κ2) is 8.99. The normalized spacial score (nSPS) is 16.3. The molecule has 0 spiro atoms. The fourth-order valence-corrected chi connectivity index (χ4v) is 4.12. The van der Waals surface area contributed by atoms with Crippen LogP contribution in [0.25, 0.3) is 11.0 Å². The third-order valence-corrected chi connectivity index (χ3v) is 5.71. The van der Waals surface area contributed by atoms with Crippen molar-refractivity contribution in [1.29, 1.82) is 0 Å². The van der Waals surface area contributed by atoms with Crippen molar-refractivity contribution in [2.45, 2.75) is 12.5 Å². The molecule has 2 aromatic carbocycles. The van der Waals surface area contributed by atoms with Gasteiger partial charge in [0.25, 0.3) is 5.91 Å². The lowest BCUT2D eigenvalue weighted by Crippen LogP contribution is -2.33. The first-order valence-corrected chi connectivity index (χ1v) is 10.6. The largest absolute Gasteiger partial charge is 0.508 e. The number of nitrogens with zero attached hydrogens (tertiary/aromatic N) is 2. The Morgan fingerprint density at radius 1 is 1.15 bits per heavy atom. The van der Waals surface area contributed by atoms with Gasteiger partial charge in [-0.15, -0.1) is 0 Å². The molecular formula is C25H26N2O6. The fourth-order valence-electron chi connectivity index (χ4n) is 4.12. The van der Waals surface area contributed by atoms with E-state index in [1.807, 2.05) is 19.0 Å². The lowest BCUT2D eigenvalue weighted by Gasteiger charge is -2.27. The third kappa shape index (κ3) is 4.17. The van der Waals surface area contributed by atoms with Gasteiger partial charge in [0.2, 0.25) is 5.78 Å². The molecule has 2 N–H and O–H groups in total. The zero-order valence-corrected chi connectivity index (χ0v) is 18.7. The van der Waals surface area contributed by atoms with Gasteiger partial charge in [-0.1, -0.05) is 24.3 Å². The molecule has 0 fully saturated rings. The number of hydrogen-bond donors (Lipinski definition) is 2. The number of aliphatic hydroxyl groups excluding tert-OH is 1. The topological polar surface area (TPSA) is 103 Å². The number of aromatic hydroxyl groups is 1. The van der Waals surface area contributed by atoms with Crippen molar-refractivity contribution in [3.8, 4) is 11.5 Å². The average Bonchev–Trinajstić information content (AvgIpc) is 3.34. The maximum absolute atomic E-state index is 13.6. The Morgan fingerprint density at radius 2 is 1.88 bits per heavy atom. The molecule has 33 heavy (non-hydrogen) atoms. The molecule has 0 radical (unpaired) electrons. The summed E-state index contributed by atoms with van der Waals surface area (Å²) in [5.74, 6) is -1.23. The van der Waals surface area contributed by atoms with Crippen LogP contribution in [0.15, 0.2) is 64.3 Å². The number of phenols is 1. The van der Waals surface area contributed by atoms with Crippen LogP contribution < -0.4 is 4.74 Å². The smallest absolute Gasteiger partial charge is 0.290 e. The highest BCUT2D eigenvalue weighted by Gasteiger charge is 2.44. The first-order valence-electron chi connectivity index (χ1n) is 10.6.